The fourth-order valence-corrected chi connectivity index (χ4v) is 4.41. The number of non-ortho nitro benzene ring substituents is 1. The maximum absolute atomic E-state index is 13.0. The molecule has 0 saturated heterocycles. The van der Waals surface area contributed by atoms with Gasteiger partial charge in [-0.15, -0.1) is 0 Å². The molecule has 0 spiro atoms. The van der Waals surface area contributed by atoms with Crippen molar-refractivity contribution in [2.75, 3.05) is 4.72 Å². The van der Waals surface area contributed by atoms with E-state index in [0.29, 0.717) is 5.56 Å². The van der Waals surface area contributed by atoms with Gasteiger partial charge in [0.15, 0.2) is 0 Å². The normalized spacial score (nSPS) is 12.1. The van der Waals surface area contributed by atoms with E-state index in [4.69, 9.17) is 0 Å². The third-order valence-corrected chi connectivity index (χ3v) is 6.24. The van der Waals surface area contributed by atoms with Crippen LogP contribution in [0.2, 0.25) is 0 Å². The molecule has 0 saturated carbocycles. The molecule has 0 heterocycles. The van der Waals surface area contributed by atoms with E-state index >= 15 is 0 Å². The number of carbonyl (C=O) groups excluding carboxylic acids is 1. The Morgan fingerprint density at radius 3 is 2.32 bits per heavy atom. The van der Waals surface area contributed by atoms with Crippen LogP contribution in [-0.4, -0.2) is 19.2 Å². The highest BCUT2D eigenvalue weighted by Crippen LogP contribution is 2.26. The lowest BCUT2D eigenvalue weighted by atomic mass is 10.1. The first-order valence-corrected chi connectivity index (χ1v) is 10.9. The fraction of sp³-hybridized carbons (Fsp3) is 0.136. The van der Waals surface area contributed by atoms with Crippen LogP contribution in [0.25, 0.3) is 0 Å². The largest absolute Gasteiger partial charge is 0.345 e. The molecule has 2 N–H and O–H groups in total. The van der Waals surface area contributed by atoms with Gasteiger partial charge in [-0.2, -0.15) is 0 Å². The number of para-hydroxylation sites is 1. The lowest BCUT2D eigenvalue weighted by molar-refractivity contribution is -0.385. The van der Waals surface area contributed by atoms with Gasteiger partial charge in [0.1, 0.15) is 0 Å². The third-order valence-electron chi connectivity index (χ3n) is 4.74. The fourth-order valence-electron chi connectivity index (χ4n) is 3.06. The Morgan fingerprint density at radius 2 is 1.65 bits per heavy atom. The van der Waals surface area contributed by atoms with Crippen LogP contribution in [0, 0.1) is 17.0 Å². The van der Waals surface area contributed by atoms with E-state index in [9.17, 15) is 23.3 Å². The maximum Gasteiger partial charge on any atom is 0.270 e. The number of benzene rings is 3. The summed E-state index contributed by atoms with van der Waals surface area (Å²) in [4.78, 5) is 23.0. The van der Waals surface area contributed by atoms with E-state index in [1.54, 1.807) is 19.1 Å². The quantitative estimate of drug-likeness (QED) is 0.423. The minimum atomic E-state index is -4.17. The van der Waals surface area contributed by atoms with Gasteiger partial charge >= 0.3 is 0 Å². The van der Waals surface area contributed by atoms with Crippen LogP contribution in [0.4, 0.5) is 11.4 Å². The summed E-state index contributed by atoms with van der Waals surface area (Å²) in [6, 6.07) is 18.9. The number of amides is 1. The number of nitro groups is 1. The highest BCUT2D eigenvalue weighted by atomic mass is 32.2. The minimum Gasteiger partial charge on any atom is -0.345 e. The second-order valence-corrected chi connectivity index (χ2v) is 8.61. The number of hydrogen-bond acceptors (Lipinski definition) is 5. The summed E-state index contributed by atoms with van der Waals surface area (Å²) in [5.41, 5.74) is 1.12. The standard InChI is InChI=1S/C22H21N3O5S/c1-15-12-13-18(25(27)28)14-21(15)31(29,30)24-20-11-7-6-10-19(20)22(26)23-16(2)17-8-4-3-5-9-17/h3-14,16,24H,1-2H3,(H,23,26)/t16-/m0/s1. The summed E-state index contributed by atoms with van der Waals surface area (Å²) in [6.07, 6.45) is 0. The van der Waals surface area contributed by atoms with Crippen LogP contribution >= 0.6 is 0 Å². The molecule has 0 radical (unpaired) electrons. The third kappa shape index (κ3) is 5.07. The summed E-state index contributed by atoms with van der Waals surface area (Å²) < 4.78 is 28.3. The molecule has 0 fully saturated rings. The molecule has 1 amide bonds. The van der Waals surface area contributed by atoms with Gasteiger partial charge in [-0.1, -0.05) is 48.5 Å². The van der Waals surface area contributed by atoms with Gasteiger partial charge in [-0.25, -0.2) is 8.42 Å². The molecule has 3 aromatic carbocycles. The van der Waals surface area contributed by atoms with Crippen molar-refractivity contribution in [3.8, 4) is 0 Å². The van der Waals surface area contributed by atoms with Crippen molar-refractivity contribution in [2.24, 2.45) is 0 Å². The average Bonchev–Trinajstić information content (AvgIpc) is 2.74. The number of aryl methyl sites for hydroxylation is 1. The smallest absolute Gasteiger partial charge is 0.270 e. The SMILES string of the molecule is Cc1ccc([N+](=O)[O-])cc1S(=O)(=O)Nc1ccccc1C(=O)N[C@@H](C)c1ccccc1. The highest BCUT2D eigenvalue weighted by Gasteiger charge is 2.23. The van der Waals surface area contributed by atoms with Crippen molar-refractivity contribution in [3.63, 3.8) is 0 Å². The van der Waals surface area contributed by atoms with Gasteiger partial charge in [0, 0.05) is 12.1 Å². The molecule has 0 bridgehead atoms. The Hall–Kier alpha value is -3.72. The van der Waals surface area contributed by atoms with Crippen molar-refractivity contribution >= 4 is 27.3 Å². The molecule has 0 aliphatic heterocycles. The van der Waals surface area contributed by atoms with E-state index in [0.717, 1.165) is 11.6 Å². The van der Waals surface area contributed by atoms with Gasteiger partial charge in [-0.3, -0.25) is 19.6 Å². The van der Waals surface area contributed by atoms with Gasteiger partial charge in [-0.05, 0) is 37.1 Å². The number of carbonyl (C=O) groups is 1. The molecule has 31 heavy (non-hydrogen) atoms. The van der Waals surface area contributed by atoms with E-state index < -0.39 is 20.9 Å². The van der Waals surface area contributed by atoms with Gasteiger partial charge in [0.25, 0.3) is 21.6 Å². The van der Waals surface area contributed by atoms with Gasteiger partial charge in [0.2, 0.25) is 0 Å². The topological polar surface area (TPSA) is 118 Å². The molecule has 8 nitrogen and oxygen atoms in total. The van der Waals surface area contributed by atoms with Crippen LogP contribution in [0.1, 0.15) is 34.5 Å². The van der Waals surface area contributed by atoms with Crippen molar-refractivity contribution in [1.82, 2.24) is 5.32 Å². The van der Waals surface area contributed by atoms with Gasteiger partial charge < -0.3 is 5.32 Å². The first-order valence-electron chi connectivity index (χ1n) is 9.42. The first kappa shape index (κ1) is 22.0. The Morgan fingerprint density at radius 1 is 1.00 bits per heavy atom. The van der Waals surface area contributed by atoms with E-state index in [2.05, 4.69) is 10.0 Å². The number of anilines is 1. The Kier molecular flexibility index (Phi) is 6.36. The molecule has 3 aromatic rings. The highest BCUT2D eigenvalue weighted by molar-refractivity contribution is 7.92. The number of rotatable bonds is 7. The second kappa shape index (κ2) is 8.97. The second-order valence-electron chi connectivity index (χ2n) is 6.96. The summed E-state index contributed by atoms with van der Waals surface area (Å²) in [5.74, 6) is -0.453. The molecule has 0 aliphatic rings. The summed E-state index contributed by atoms with van der Waals surface area (Å²) in [5, 5.41) is 13.9. The molecule has 160 valence electrons. The summed E-state index contributed by atoms with van der Waals surface area (Å²) in [7, 11) is -4.17. The zero-order valence-corrected chi connectivity index (χ0v) is 17.7. The lowest BCUT2D eigenvalue weighted by Crippen LogP contribution is -2.28. The van der Waals surface area contributed by atoms with E-state index in [-0.39, 0.29) is 27.9 Å². The molecule has 0 aliphatic carbocycles. The monoisotopic (exact) mass is 439 g/mol. The molecule has 0 unspecified atom stereocenters. The lowest BCUT2D eigenvalue weighted by Gasteiger charge is -2.17. The molecule has 0 aromatic heterocycles. The number of nitrogens with zero attached hydrogens (tertiary/aromatic N) is 1. The zero-order chi connectivity index (χ0) is 22.6. The van der Waals surface area contributed by atoms with Crippen molar-refractivity contribution < 1.29 is 18.1 Å². The van der Waals surface area contributed by atoms with Crippen molar-refractivity contribution in [3.05, 3.63) is 99.6 Å². The Labute approximate surface area is 180 Å². The predicted molar refractivity (Wildman–Crippen MR) is 117 cm³/mol. The number of sulfonamides is 1. The van der Waals surface area contributed by atoms with Crippen LogP contribution in [0.15, 0.2) is 77.7 Å². The van der Waals surface area contributed by atoms with Crippen LogP contribution < -0.4 is 10.0 Å². The number of nitro benzene ring substituents is 1. The number of nitrogens with one attached hydrogen (secondary N) is 2. The average molecular weight is 439 g/mol. The first-order chi connectivity index (χ1) is 14.7. The molecular weight excluding hydrogens is 418 g/mol. The molecular formula is C22H21N3O5S. The van der Waals surface area contributed by atoms with Crippen LogP contribution in [0.5, 0.6) is 0 Å². The predicted octanol–water partition coefficient (Wildman–Crippen LogP) is 4.20. The minimum absolute atomic E-state index is 0.0752. The molecule has 9 heteroatoms. The Bertz CT molecular complexity index is 1230. The zero-order valence-electron chi connectivity index (χ0n) is 16.9. The van der Waals surface area contributed by atoms with E-state index in [1.807, 2.05) is 37.3 Å². The number of hydrogen-bond donors (Lipinski definition) is 2. The molecule has 1 atom stereocenters. The van der Waals surface area contributed by atoms with E-state index in [1.165, 1.54) is 24.3 Å². The Balaban J connectivity index is 1.89. The van der Waals surface area contributed by atoms with Crippen molar-refractivity contribution in [1.29, 1.82) is 0 Å². The molecule has 3 rings (SSSR count). The van der Waals surface area contributed by atoms with Crippen LogP contribution in [-0.2, 0) is 10.0 Å². The van der Waals surface area contributed by atoms with Crippen molar-refractivity contribution in [2.45, 2.75) is 24.8 Å². The maximum atomic E-state index is 13.0. The van der Waals surface area contributed by atoms with Crippen LogP contribution in [0.3, 0.4) is 0 Å². The van der Waals surface area contributed by atoms with Gasteiger partial charge in [0.05, 0.1) is 27.1 Å². The summed E-state index contributed by atoms with van der Waals surface area (Å²) >= 11 is 0. The summed E-state index contributed by atoms with van der Waals surface area (Å²) in [6.45, 7) is 3.37.